The first-order chi connectivity index (χ1) is 5.46. The Morgan fingerprint density at radius 1 is 0.667 bits per heavy atom. The van der Waals surface area contributed by atoms with Crippen molar-refractivity contribution in [1.82, 2.24) is 0 Å². The van der Waals surface area contributed by atoms with Gasteiger partial charge in [-0.3, -0.25) is 9.59 Å². The van der Waals surface area contributed by atoms with Gasteiger partial charge in [-0.05, 0) is 0 Å². The minimum absolute atomic E-state index is 0.0154. The predicted molar refractivity (Wildman–Crippen MR) is 60.9 cm³/mol. The third kappa shape index (κ3) is 1.86. The van der Waals surface area contributed by atoms with E-state index in [1.54, 1.807) is 0 Å². The molecule has 12 heavy (non-hydrogen) atoms. The first-order valence-electron chi connectivity index (χ1n) is 3.10. The zero-order valence-electron chi connectivity index (χ0n) is 5.64. The molecule has 6 heteroatoms. The molecule has 0 N–H and O–H groups in total. The van der Waals surface area contributed by atoms with Gasteiger partial charge in [0.1, 0.15) is 0 Å². The average Bonchev–Trinajstić information content (AvgIpc) is 2.08. The second-order valence-corrected chi connectivity index (χ2v) is 6.36. The molecule has 4 atom stereocenters. The van der Waals surface area contributed by atoms with Crippen molar-refractivity contribution >= 4 is 75.3 Å². The summed E-state index contributed by atoms with van der Waals surface area (Å²) < 4.78 is 0. The lowest BCUT2D eigenvalue weighted by molar-refractivity contribution is -0.126. The highest BCUT2D eigenvalue weighted by atomic mass is 79.9. The van der Waals surface area contributed by atoms with Crippen LogP contribution < -0.4 is 0 Å². The first-order valence-corrected chi connectivity index (χ1v) is 6.77. The standard InChI is InChI=1S/C6H4Br4O2/c7-1-2(8)6(12)4(10)3(9)5(1)11/h1-4H. The smallest absolute Gasteiger partial charge is 0.163 e. The van der Waals surface area contributed by atoms with E-state index in [9.17, 15) is 9.59 Å². The summed E-state index contributed by atoms with van der Waals surface area (Å²) in [7, 11) is 0. The maximum atomic E-state index is 11.4. The van der Waals surface area contributed by atoms with Crippen LogP contribution in [0.3, 0.4) is 0 Å². The van der Waals surface area contributed by atoms with Crippen molar-refractivity contribution in [3.8, 4) is 0 Å². The highest BCUT2D eigenvalue weighted by Gasteiger charge is 2.45. The van der Waals surface area contributed by atoms with Gasteiger partial charge in [0, 0.05) is 0 Å². The predicted octanol–water partition coefficient (Wildman–Crippen LogP) is 2.19. The van der Waals surface area contributed by atoms with Crippen LogP contribution in [0.2, 0.25) is 0 Å². The van der Waals surface area contributed by atoms with E-state index in [-0.39, 0.29) is 11.6 Å². The molecule has 0 heterocycles. The average molecular weight is 428 g/mol. The molecule has 0 bridgehead atoms. The Balaban J connectivity index is 2.91. The molecule has 2 nitrogen and oxygen atoms in total. The van der Waals surface area contributed by atoms with Gasteiger partial charge in [0.15, 0.2) is 11.6 Å². The molecule has 0 aromatic heterocycles. The van der Waals surface area contributed by atoms with E-state index in [4.69, 9.17) is 0 Å². The molecular weight excluding hydrogens is 424 g/mol. The summed E-state index contributed by atoms with van der Waals surface area (Å²) in [6.07, 6.45) is 0. The van der Waals surface area contributed by atoms with Crippen molar-refractivity contribution in [3.63, 3.8) is 0 Å². The van der Waals surface area contributed by atoms with Crippen LogP contribution in [0.15, 0.2) is 0 Å². The molecule has 0 amide bonds. The van der Waals surface area contributed by atoms with Crippen LogP contribution in [-0.4, -0.2) is 30.9 Å². The maximum absolute atomic E-state index is 11.4. The van der Waals surface area contributed by atoms with E-state index >= 15 is 0 Å². The molecule has 0 aliphatic heterocycles. The van der Waals surface area contributed by atoms with Crippen LogP contribution in [0.1, 0.15) is 0 Å². The molecule has 0 aromatic rings. The summed E-state index contributed by atoms with van der Waals surface area (Å²) >= 11 is 12.6. The Labute approximate surface area is 103 Å². The van der Waals surface area contributed by atoms with Crippen molar-refractivity contribution in [1.29, 1.82) is 0 Å². The molecule has 0 radical (unpaired) electrons. The minimum Gasteiger partial charge on any atom is -0.297 e. The third-order valence-electron chi connectivity index (χ3n) is 1.60. The summed E-state index contributed by atoms with van der Waals surface area (Å²) in [6, 6.07) is 0. The van der Waals surface area contributed by atoms with Gasteiger partial charge in [-0.15, -0.1) is 0 Å². The molecule has 1 fully saturated rings. The lowest BCUT2D eigenvalue weighted by Crippen LogP contribution is -2.50. The van der Waals surface area contributed by atoms with E-state index in [2.05, 4.69) is 63.7 Å². The summed E-state index contributed by atoms with van der Waals surface area (Å²) in [5.41, 5.74) is 0. The Morgan fingerprint density at radius 3 is 1.00 bits per heavy atom. The minimum atomic E-state index is -0.428. The molecule has 1 saturated carbocycles. The molecule has 0 saturated heterocycles. The number of ketones is 2. The van der Waals surface area contributed by atoms with Gasteiger partial charge in [0.05, 0.1) is 19.3 Å². The monoisotopic (exact) mass is 424 g/mol. The van der Waals surface area contributed by atoms with Crippen molar-refractivity contribution in [3.05, 3.63) is 0 Å². The SMILES string of the molecule is O=C1C(Br)C(Br)C(=O)C(Br)C1Br. The highest BCUT2D eigenvalue weighted by Crippen LogP contribution is 2.32. The molecular formula is C6H4Br4O2. The number of carbonyl (C=O) groups excluding carboxylic acids is 2. The number of halogens is 4. The van der Waals surface area contributed by atoms with E-state index in [1.165, 1.54) is 0 Å². The lowest BCUT2D eigenvalue weighted by Gasteiger charge is -2.27. The van der Waals surface area contributed by atoms with Crippen LogP contribution in [0.25, 0.3) is 0 Å². The van der Waals surface area contributed by atoms with Gasteiger partial charge in [-0.1, -0.05) is 63.7 Å². The third-order valence-corrected chi connectivity index (χ3v) is 6.94. The van der Waals surface area contributed by atoms with E-state index < -0.39 is 19.3 Å². The van der Waals surface area contributed by atoms with E-state index in [0.29, 0.717) is 0 Å². The Kier molecular flexibility index (Phi) is 3.96. The van der Waals surface area contributed by atoms with Crippen LogP contribution in [0.4, 0.5) is 0 Å². The van der Waals surface area contributed by atoms with Crippen molar-refractivity contribution in [2.75, 3.05) is 0 Å². The van der Waals surface area contributed by atoms with Crippen LogP contribution in [-0.2, 0) is 9.59 Å². The zero-order chi connectivity index (χ0) is 9.46. The summed E-state index contributed by atoms with van der Waals surface area (Å²) in [4.78, 5) is 21.1. The molecule has 1 aliphatic carbocycles. The lowest BCUT2D eigenvalue weighted by atomic mass is 9.97. The fraction of sp³-hybridized carbons (Fsp3) is 0.667. The van der Waals surface area contributed by atoms with E-state index in [1.807, 2.05) is 0 Å². The van der Waals surface area contributed by atoms with E-state index in [0.717, 1.165) is 0 Å². The van der Waals surface area contributed by atoms with Crippen LogP contribution >= 0.6 is 63.7 Å². The van der Waals surface area contributed by atoms with Gasteiger partial charge in [0.25, 0.3) is 0 Å². The highest BCUT2D eigenvalue weighted by molar-refractivity contribution is 9.14. The Bertz CT molecular complexity index is 186. The van der Waals surface area contributed by atoms with Crippen molar-refractivity contribution in [2.45, 2.75) is 19.3 Å². The fourth-order valence-corrected chi connectivity index (χ4v) is 3.77. The molecule has 0 aromatic carbocycles. The summed E-state index contributed by atoms with van der Waals surface area (Å²) in [5.74, 6) is -0.0308. The number of carbonyl (C=O) groups is 2. The summed E-state index contributed by atoms with van der Waals surface area (Å²) in [5, 5.41) is 0. The first kappa shape index (κ1) is 11.3. The molecule has 1 rings (SSSR count). The van der Waals surface area contributed by atoms with Gasteiger partial charge < -0.3 is 0 Å². The Hall–Kier alpha value is 1.26. The number of Topliss-reactive ketones (excluding diaryl/α,β-unsaturated/α-hetero) is 2. The van der Waals surface area contributed by atoms with Gasteiger partial charge >= 0.3 is 0 Å². The molecule has 1 aliphatic rings. The van der Waals surface area contributed by atoms with Crippen molar-refractivity contribution < 1.29 is 9.59 Å². The van der Waals surface area contributed by atoms with Crippen LogP contribution in [0.5, 0.6) is 0 Å². The number of hydrogen-bond acceptors (Lipinski definition) is 2. The molecule has 0 spiro atoms. The normalized spacial score (nSPS) is 43.3. The van der Waals surface area contributed by atoms with Gasteiger partial charge in [-0.2, -0.15) is 0 Å². The zero-order valence-corrected chi connectivity index (χ0v) is 12.0. The van der Waals surface area contributed by atoms with Crippen LogP contribution in [0, 0.1) is 0 Å². The quantitative estimate of drug-likeness (QED) is 0.556. The second kappa shape index (κ2) is 4.19. The fourth-order valence-electron chi connectivity index (χ4n) is 0.881. The summed E-state index contributed by atoms with van der Waals surface area (Å²) in [6.45, 7) is 0. The number of hydrogen-bond donors (Lipinski definition) is 0. The largest absolute Gasteiger partial charge is 0.297 e. The van der Waals surface area contributed by atoms with Crippen molar-refractivity contribution in [2.24, 2.45) is 0 Å². The Morgan fingerprint density at radius 2 is 0.833 bits per heavy atom. The topological polar surface area (TPSA) is 34.1 Å². The van der Waals surface area contributed by atoms with Gasteiger partial charge in [-0.25, -0.2) is 0 Å². The van der Waals surface area contributed by atoms with Gasteiger partial charge in [0.2, 0.25) is 0 Å². The number of alkyl halides is 4. The number of rotatable bonds is 0. The molecule has 4 unspecified atom stereocenters. The molecule has 68 valence electrons. The maximum Gasteiger partial charge on any atom is 0.163 e. The second-order valence-electron chi connectivity index (χ2n) is 2.41.